The minimum absolute atomic E-state index is 0.897. The molecule has 0 saturated heterocycles. The molecule has 0 unspecified atom stereocenters. The third-order valence-electron chi connectivity index (χ3n) is 0.839. The van der Waals surface area contributed by atoms with E-state index < -0.39 is 0 Å². The Bertz CT molecular complexity index is 27.3. The lowest BCUT2D eigenvalue weighted by molar-refractivity contribution is 0.656. The van der Waals surface area contributed by atoms with Gasteiger partial charge in [-0.3, -0.25) is 0 Å². The predicted molar refractivity (Wildman–Crippen MR) is 34.6 cm³/mol. The van der Waals surface area contributed by atoms with Gasteiger partial charge < -0.3 is 4.55 Å². The third kappa shape index (κ3) is 6.31. The van der Waals surface area contributed by atoms with E-state index in [0.717, 1.165) is 24.2 Å². The van der Waals surface area contributed by atoms with Crippen LogP contribution in [0.5, 0.6) is 0 Å². The molecule has 0 aliphatic heterocycles. The number of hydrogen-bond acceptors (Lipinski definition) is 2. The van der Waals surface area contributed by atoms with Crippen molar-refractivity contribution in [2.45, 2.75) is 26.2 Å². The highest BCUT2D eigenvalue weighted by Gasteiger charge is 1.81. The summed E-state index contributed by atoms with van der Waals surface area (Å²) in [6.45, 7) is 2.15. The van der Waals surface area contributed by atoms with Crippen molar-refractivity contribution >= 4 is 12.0 Å². The lowest BCUT2D eigenvalue weighted by Crippen LogP contribution is -1.75. The van der Waals surface area contributed by atoms with E-state index in [1.165, 1.54) is 12.8 Å². The molecule has 0 aromatic rings. The zero-order valence-corrected chi connectivity index (χ0v) is 5.50. The second-order valence-corrected chi connectivity index (χ2v) is 2.21. The topological polar surface area (TPSA) is 20.2 Å². The van der Waals surface area contributed by atoms with Gasteiger partial charge in [0.15, 0.2) is 0 Å². The highest BCUT2D eigenvalue weighted by atomic mass is 32.2. The summed E-state index contributed by atoms with van der Waals surface area (Å²) in [5.41, 5.74) is 0. The van der Waals surface area contributed by atoms with Gasteiger partial charge in [0.2, 0.25) is 0 Å². The molecule has 1 nitrogen and oxygen atoms in total. The normalized spacial score (nSPS) is 9.43. The predicted octanol–water partition coefficient (Wildman–Crippen LogP) is 2.38. The molecule has 0 saturated carbocycles. The Morgan fingerprint density at radius 2 is 2.14 bits per heavy atom. The molecule has 0 radical (unpaired) electrons. The van der Waals surface area contributed by atoms with Crippen LogP contribution in [0.1, 0.15) is 26.2 Å². The minimum atomic E-state index is 0.897. The molecule has 7 heavy (non-hydrogen) atoms. The van der Waals surface area contributed by atoms with Crippen molar-refractivity contribution in [1.82, 2.24) is 0 Å². The van der Waals surface area contributed by atoms with E-state index in [1.54, 1.807) is 0 Å². The van der Waals surface area contributed by atoms with Crippen molar-refractivity contribution in [1.29, 1.82) is 0 Å². The van der Waals surface area contributed by atoms with Gasteiger partial charge in [-0.15, -0.1) is 0 Å². The van der Waals surface area contributed by atoms with Crippen molar-refractivity contribution in [3.63, 3.8) is 0 Å². The average molecular weight is 120 g/mol. The molecule has 0 amide bonds. The summed E-state index contributed by atoms with van der Waals surface area (Å²) in [4.78, 5) is 0. The van der Waals surface area contributed by atoms with Crippen LogP contribution in [0.15, 0.2) is 0 Å². The maximum atomic E-state index is 8.21. The molecule has 0 atom stereocenters. The molecule has 2 heteroatoms. The fraction of sp³-hybridized carbons (Fsp3) is 1.00. The molecule has 0 spiro atoms. The van der Waals surface area contributed by atoms with Gasteiger partial charge in [0, 0.05) is 5.75 Å². The van der Waals surface area contributed by atoms with Crippen LogP contribution in [-0.2, 0) is 0 Å². The van der Waals surface area contributed by atoms with Gasteiger partial charge in [-0.2, -0.15) is 0 Å². The van der Waals surface area contributed by atoms with E-state index in [1.807, 2.05) is 0 Å². The summed E-state index contributed by atoms with van der Waals surface area (Å²) in [5, 5.41) is 0. The molecular formula is C5H12OS. The molecule has 0 aromatic heterocycles. The molecule has 44 valence electrons. The van der Waals surface area contributed by atoms with E-state index in [2.05, 4.69) is 6.92 Å². The molecule has 0 aromatic carbocycles. The Kier molecular flexibility index (Phi) is 6.59. The zero-order valence-electron chi connectivity index (χ0n) is 4.68. The second-order valence-electron chi connectivity index (χ2n) is 1.54. The molecule has 0 aliphatic carbocycles. The van der Waals surface area contributed by atoms with Crippen LogP contribution in [0.25, 0.3) is 0 Å². The summed E-state index contributed by atoms with van der Waals surface area (Å²) in [5.74, 6) is 0.897. The summed E-state index contributed by atoms with van der Waals surface area (Å²) in [6, 6.07) is 0. The van der Waals surface area contributed by atoms with Crippen LogP contribution in [0, 0.1) is 0 Å². The summed E-state index contributed by atoms with van der Waals surface area (Å²) in [6.07, 6.45) is 3.63. The molecule has 0 aliphatic rings. The first-order chi connectivity index (χ1) is 3.41. The SMILES string of the molecule is CCCCCSO. The van der Waals surface area contributed by atoms with Crippen molar-refractivity contribution < 1.29 is 4.55 Å². The van der Waals surface area contributed by atoms with Crippen LogP contribution in [-0.4, -0.2) is 10.3 Å². The van der Waals surface area contributed by atoms with E-state index in [0.29, 0.717) is 0 Å². The summed E-state index contributed by atoms with van der Waals surface area (Å²) in [7, 11) is 0. The van der Waals surface area contributed by atoms with Gasteiger partial charge in [-0.05, 0) is 18.5 Å². The average Bonchev–Trinajstić information content (AvgIpc) is 1.69. The fourth-order valence-corrected chi connectivity index (χ4v) is 0.750. The van der Waals surface area contributed by atoms with E-state index in [4.69, 9.17) is 4.55 Å². The van der Waals surface area contributed by atoms with Gasteiger partial charge in [-0.25, -0.2) is 0 Å². The number of unbranched alkanes of at least 4 members (excludes halogenated alkanes) is 2. The monoisotopic (exact) mass is 120 g/mol. The maximum absolute atomic E-state index is 8.21. The van der Waals surface area contributed by atoms with Crippen molar-refractivity contribution in [3.05, 3.63) is 0 Å². The standard InChI is InChI=1S/C5H12OS/c1-2-3-4-5-7-6/h6H,2-5H2,1H3. The second kappa shape index (κ2) is 6.31. The first-order valence-corrected chi connectivity index (χ1v) is 3.62. The molecule has 0 fully saturated rings. The lowest BCUT2D eigenvalue weighted by Gasteiger charge is -1.89. The van der Waals surface area contributed by atoms with Crippen LogP contribution >= 0.6 is 12.0 Å². The van der Waals surface area contributed by atoms with Gasteiger partial charge in [-0.1, -0.05) is 19.8 Å². The Morgan fingerprint density at radius 1 is 1.43 bits per heavy atom. The van der Waals surface area contributed by atoms with Crippen LogP contribution < -0.4 is 0 Å². The highest BCUT2D eigenvalue weighted by Crippen LogP contribution is 1.99. The molecule has 0 bridgehead atoms. The van der Waals surface area contributed by atoms with Crippen LogP contribution in [0.4, 0.5) is 0 Å². The smallest absolute Gasteiger partial charge is 0.0195 e. The van der Waals surface area contributed by atoms with Crippen molar-refractivity contribution in [3.8, 4) is 0 Å². The van der Waals surface area contributed by atoms with Crippen molar-refractivity contribution in [2.24, 2.45) is 0 Å². The highest BCUT2D eigenvalue weighted by molar-refractivity contribution is 7.93. The van der Waals surface area contributed by atoms with Crippen molar-refractivity contribution in [2.75, 3.05) is 5.75 Å². The van der Waals surface area contributed by atoms with Crippen LogP contribution in [0.2, 0.25) is 0 Å². The lowest BCUT2D eigenvalue weighted by atomic mass is 10.3. The first kappa shape index (κ1) is 7.31. The van der Waals surface area contributed by atoms with Gasteiger partial charge in [0.1, 0.15) is 0 Å². The molecule has 1 N–H and O–H groups in total. The summed E-state index contributed by atoms with van der Waals surface area (Å²) < 4.78 is 8.21. The fourth-order valence-electron chi connectivity index (χ4n) is 0.417. The minimum Gasteiger partial charge on any atom is -0.330 e. The van der Waals surface area contributed by atoms with Gasteiger partial charge >= 0.3 is 0 Å². The van der Waals surface area contributed by atoms with E-state index in [9.17, 15) is 0 Å². The Balaban J connectivity index is 2.45. The van der Waals surface area contributed by atoms with Crippen LogP contribution in [0.3, 0.4) is 0 Å². The Labute approximate surface area is 49.3 Å². The van der Waals surface area contributed by atoms with E-state index >= 15 is 0 Å². The zero-order chi connectivity index (χ0) is 5.54. The van der Waals surface area contributed by atoms with Gasteiger partial charge in [0.25, 0.3) is 0 Å². The first-order valence-electron chi connectivity index (χ1n) is 2.68. The van der Waals surface area contributed by atoms with E-state index in [-0.39, 0.29) is 0 Å². The number of rotatable bonds is 4. The Morgan fingerprint density at radius 3 is 2.57 bits per heavy atom. The molecular weight excluding hydrogens is 108 g/mol. The molecule has 0 rings (SSSR count). The Hall–Kier alpha value is 0.310. The van der Waals surface area contributed by atoms with Gasteiger partial charge in [0.05, 0.1) is 0 Å². The maximum Gasteiger partial charge on any atom is 0.0195 e. The number of hydrogen-bond donors (Lipinski definition) is 1. The molecule has 0 heterocycles. The summed E-state index contributed by atoms with van der Waals surface area (Å²) >= 11 is 0.942. The third-order valence-corrected chi connectivity index (χ3v) is 1.31. The quantitative estimate of drug-likeness (QED) is 0.454. The largest absolute Gasteiger partial charge is 0.330 e.